The Morgan fingerprint density at radius 2 is 2.11 bits per heavy atom. The summed E-state index contributed by atoms with van der Waals surface area (Å²) in [7, 11) is 1.65. The van der Waals surface area contributed by atoms with Crippen LogP contribution >= 0.6 is 22.3 Å². The molecule has 2 rings (SSSR count). The number of halogens is 2. The summed E-state index contributed by atoms with van der Waals surface area (Å²) in [5.74, 6) is -0.524. The first-order chi connectivity index (χ1) is 8.76. The fourth-order valence-electron chi connectivity index (χ4n) is 2.33. The number of aryl methyl sites for hydroxylation is 1. The molecular weight excluding hydrogens is 309 g/mol. The van der Waals surface area contributed by atoms with Crippen molar-refractivity contribution in [3.63, 3.8) is 0 Å². The zero-order valence-electron chi connectivity index (χ0n) is 10.3. The number of rotatable bonds is 3. The van der Waals surface area contributed by atoms with Crippen molar-refractivity contribution < 1.29 is 13.2 Å². The summed E-state index contributed by atoms with van der Waals surface area (Å²) in [5.41, 5.74) is 1.65. The predicted octanol–water partition coefficient (Wildman–Crippen LogP) is 2.57. The molecule has 7 heteroatoms. The van der Waals surface area contributed by atoms with Crippen molar-refractivity contribution in [2.24, 2.45) is 5.92 Å². The quantitative estimate of drug-likeness (QED) is 0.804. The molecule has 1 atom stereocenters. The van der Waals surface area contributed by atoms with Gasteiger partial charge in [-0.15, -0.1) is 0 Å². The molecule has 1 fully saturated rings. The highest BCUT2D eigenvalue weighted by Gasteiger charge is 2.33. The number of benzene rings is 1. The zero-order valence-corrected chi connectivity index (χ0v) is 12.6. The number of carbonyl (C=O) groups is 1. The molecule has 1 amide bonds. The van der Waals surface area contributed by atoms with Crippen molar-refractivity contribution in [3.05, 3.63) is 28.8 Å². The standard InChI is InChI=1S/C12H13Cl2NO3S/c1-8-4-10(13)2-3-11(8)15-6-9(5-12(15)16)7-19(14,17)18/h2-4,9H,5-7H2,1H3. The van der Waals surface area contributed by atoms with Gasteiger partial charge in [-0.1, -0.05) is 11.6 Å². The van der Waals surface area contributed by atoms with Gasteiger partial charge in [0, 0.05) is 40.3 Å². The average Bonchev–Trinajstić information content (AvgIpc) is 2.56. The summed E-state index contributed by atoms with van der Waals surface area (Å²) in [6, 6.07) is 5.26. The number of amides is 1. The third-order valence-corrected chi connectivity index (χ3v) is 4.57. The summed E-state index contributed by atoms with van der Waals surface area (Å²) in [6.45, 7) is 2.23. The van der Waals surface area contributed by atoms with Gasteiger partial charge in [0.05, 0.1) is 5.75 Å². The van der Waals surface area contributed by atoms with E-state index in [0.717, 1.165) is 11.3 Å². The van der Waals surface area contributed by atoms with Crippen LogP contribution in [0.1, 0.15) is 12.0 Å². The van der Waals surface area contributed by atoms with Crippen LogP contribution in [0, 0.1) is 12.8 Å². The summed E-state index contributed by atoms with van der Waals surface area (Å²) in [5, 5.41) is 0.604. The Kier molecular flexibility index (Phi) is 4.08. The van der Waals surface area contributed by atoms with Crippen molar-refractivity contribution >= 4 is 42.9 Å². The molecule has 1 saturated heterocycles. The van der Waals surface area contributed by atoms with E-state index in [1.54, 1.807) is 23.1 Å². The van der Waals surface area contributed by atoms with Gasteiger partial charge in [0.1, 0.15) is 0 Å². The first-order valence-electron chi connectivity index (χ1n) is 5.75. The van der Waals surface area contributed by atoms with Gasteiger partial charge in [0.25, 0.3) is 0 Å². The van der Waals surface area contributed by atoms with Crippen LogP contribution < -0.4 is 4.90 Å². The van der Waals surface area contributed by atoms with Gasteiger partial charge in [0.2, 0.25) is 15.0 Å². The van der Waals surface area contributed by atoms with Gasteiger partial charge in [-0.05, 0) is 30.7 Å². The highest BCUT2D eigenvalue weighted by atomic mass is 35.7. The molecule has 0 saturated carbocycles. The van der Waals surface area contributed by atoms with E-state index >= 15 is 0 Å². The lowest BCUT2D eigenvalue weighted by Crippen LogP contribution is -2.26. The van der Waals surface area contributed by atoms with Crippen molar-refractivity contribution in [2.75, 3.05) is 17.2 Å². The molecule has 1 aliphatic heterocycles. The van der Waals surface area contributed by atoms with Crippen molar-refractivity contribution in [1.82, 2.24) is 0 Å². The first-order valence-corrected chi connectivity index (χ1v) is 8.61. The summed E-state index contributed by atoms with van der Waals surface area (Å²) >= 11 is 5.88. The lowest BCUT2D eigenvalue weighted by molar-refractivity contribution is -0.117. The van der Waals surface area contributed by atoms with Crippen molar-refractivity contribution in [2.45, 2.75) is 13.3 Å². The van der Waals surface area contributed by atoms with Crippen LogP contribution in [-0.4, -0.2) is 26.6 Å². The molecule has 0 radical (unpaired) electrons. The maximum absolute atomic E-state index is 12.0. The molecule has 1 heterocycles. The van der Waals surface area contributed by atoms with Gasteiger partial charge >= 0.3 is 0 Å². The van der Waals surface area contributed by atoms with Crippen LogP contribution in [0.3, 0.4) is 0 Å². The molecule has 0 aromatic heterocycles. The average molecular weight is 322 g/mol. The monoisotopic (exact) mass is 321 g/mol. The van der Waals surface area contributed by atoms with Crippen molar-refractivity contribution in [1.29, 1.82) is 0 Å². The normalized spacial score (nSPS) is 20.1. The van der Waals surface area contributed by atoms with Gasteiger partial charge in [0.15, 0.2) is 0 Å². The first kappa shape index (κ1) is 14.6. The molecule has 1 aliphatic rings. The second-order valence-electron chi connectivity index (χ2n) is 4.71. The van der Waals surface area contributed by atoms with Gasteiger partial charge in [-0.3, -0.25) is 4.79 Å². The number of hydrogen-bond acceptors (Lipinski definition) is 3. The smallest absolute Gasteiger partial charge is 0.232 e. The maximum Gasteiger partial charge on any atom is 0.232 e. The van der Waals surface area contributed by atoms with Crippen LogP contribution in [0.5, 0.6) is 0 Å². The fraction of sp³-hybridized carbons (Fsp3) is 0.417. The fourth-order valence-corrected chi connectivity index (χ4v) is 3.88. The largest absolute Gasteiger partial charge is 0.312 e. The number of anilines is 1. The molecule has 0 N–H and O–H groups in total. The van der Waals surface area contributed by atoms with E-state index in [2.05, 4.69) is 0 Å². The Bertz CT molecular complexity index is 615. The minimum absolute atomic E-state index is 0.0873. The minimum Gasteiger partial charge on any atom is -0.312 e. The van der Waals surface area contributed by atoms with E-state index in [4.69, 9.17) is 22.3 Å². The van der Waals surface area contributed by atoms with E-state index < -0.39 is 9.05 Å². The molecule has 0 aliphatic carbocycles. The van der Waals surface area contributed by atoms with Crippen LogP contribution in [0.25, 0.3) is 0 Å². The Hall–Kier alpha value is -0.780. The Labute approximate surface area is 121 Å². The Morgan fingerprint density at radius 3 is 2.68 bits per heavy atom. The van der Waals surface area contributed by atoms with Gasteiger partial charge in [-0.25, -0.2) is 8.42 Å². The topological polar surface area (TPSA) is 54.5 Å². The number of carbonyl (C=O) groups excluding carboxylic acids is 1. The van der Waals surface area contributed by atoms with Gasteiger partial charge < -0.3 is 4.90 Å². The predicted molar refractivity (Wildman–Crippen MR) is 76.3 cm³/mol. The maximum atomic E-state index is 12.0. The molecular formula is C12H13Cl2NO3S. The summed E-state index contributed by atoms with van der Waals surface area (Å²) in [6.07, 6.45) is 0.202. The van der Waals surface area contributed by atoms with E-state index in [1.165, 1.54) is 0 Å². The lowest BCUT2D eigenvalue weighted by atomic mass is 10.1. The van der Waals surface area contributed by atoms with Gasteiger partial charge in [-0.2, -0.15) is 0 Å². The van der Waals surface area contributed by atoms with E-state index in [9.17, 15) is 13.2 Å². The Balaban J connectivity index is 2.20. The lowest BCUT2D eigenvalue weighted by Gasteiger charge is -2.19. The van der Waals surface area contributed by atoms with Crippen molar-refractivity contribution in [3.8, 4) is 0 Å². The molecule has 104 valence electrons. The molecule has 0 bridgehead atoms. The molecule has 0 spiro atoms. The molecule has 1 aromatic rings. The Morgan fingerprint density at radius 1 is 1.42 bits per heavy atom. The SMILES string of the molecule is Cc1cc(Cl)ccc1N1CC(CS(=O)(=O)Cl)CC1=O. The van der Waals surface area contributed by atoms with Crippen LogP contribution in [0.2, 0.25) is 5.02 Å². The highest BCUT2D eigenvalue weighted by molar-refractivity contribution is 8.13. The van der Waals surface area contributed by atoms with E-state index in [1.807, 2.05) is 6.92 Å². The molecule has 1 unspecified atom stereocenters. The highest BCUT2D eigenvalue weighted by Crippen LogP contribution is 2.30. The van der Waals surface area contributed by atoms with Crippen LogP contribution in [0.15, 0.2) is 18.2 Å². The van der Waals surface area contributed by atoms with Crippen LogP contribution in [0.4, 0.5) is 5.69 Å². The third-order valence-electron chi connectivity index (χ3n) is 3.09. The zero-order chi connectivity index (χ0) is 14.2. The second kappa shape index (κ2) is 5.31. The van der Waals surface area contributed by atoms with E-state index in [-0.39, 0.29) is 24.0 Å². The summed E-state index contributed by atoms with van der Waals surface area (Å²) in [4.78, 5) is 13.6. The number of nitrogens with zero attached hydrogens (tertiary/aromatic N) is 1. The summed E-state index contributed by atoms with van der Waals surface area (Å²) < 4.78 is 22.1. The molecule has 4 nitrogen and oxygen atoms in total. The number of hydrogen-bond donors (Lipinski definition) is 0. The second-order valence-corrected chi connectivity index (χ2v) is 7.97. The third kappa shape index (κ3) is 3.61. The minimum atomic E-state index is -3.58. The molecule has 1 aromatic carbocycles. The van der Waals surface area contributed by atoms with E-state index in [0.29, 0.717) is 11.6 Å². The van der Waals surface area contributed by atoms with Crippen LogP contribution in [-0.2, 0) is 13.8 Å². The molecule has 19 heavy (non-hydrogen) atoms.